The first-order valence-corrected chi connectivity index (χ1v) is 7.68. The van der Waals surface area contributed by atoms with Crippen LogP contribution in [-0.4, -0.2) is 41.4 Å². The van der Waals surface area contributed by atoms with Gasteiger partial charge in [0.05, 0.1) is 6.54 Å². The number of hydrogen-bond donors (Lipinski definition) is 2. The zero-order chi connectivity index (χ0) is 17.4. The molecular weight excluding hydrogens is 300 g/mol. The van der Waals surface area contributed by atoms with Gasteiger partial charge in [-0.3, -0.25) is 9.59 Å². The highest BCUT2D eigenvalue weighted by Gasteiger charge is 2.17. The first kappa shape index (κ1) is 18.7. The largest absolute Gasteiger partial charge is 0.478 e. The van der Waals surface area contributed by atoms with Crippen LogP contribution in [0.25, 0.3) is 0 Å². The van der Waals surface area contributed by atoms with E-state index < -0.39 is 5.97 Å². The minimum absolute atomic E-state index is 0.0462. The minimum atomic E-state index is -1.05. The second-order valence-corrected chi connectivity index (χ2v) is 5.44. The van der Waals surface area contributed by atoms with Crippen molar-refractivity contribution in [3.05, 3.63) is 23.2 Å². The zero-order valence-corrected chi connectivity index (χ0v) is 13.8. The Balaban J connectivity index is 2.41. The Hall–Kier alpha value is -2.31. The van der Waals surface area contributed by atoms with E-state index in [0.29, 0.717) is 30.9 Å². The highest BCUT2D eigenvalue weighted by atomic mass is 16.4. The van der Waals surface area contributed by atoms with Crippen molar-refractivity contribution < 1.29 is 23.9 Å². The predicted octanol–water partition coefficient (Wildman–Crippen LogP) is 1.94. The fourth-order valence-corrected chi connectivity index (χ4v) is 2.10. The van der Waals surface area contributed by atoms with Crippen molar-refractivity contribution >= 4 is 17.8 Å². The van der Waals surface area contributed by atoms with Crippen LogP contribution in [0.5, 0.6) is 0 Å². The summed E-state index contributed by atoms with van der Waals surface area (Å²) in [7, 11) is 1.62. The number of aryl methyl sites for hydroxylation is 1. The number of amides is 2. The van der Waals surface area contributed by atoms with Crippen molar-refractivity contribution in [2.24, 2.45) is 0 Å². The third kappa shape index (κ3) is 6.14. The van der Waals surface area contributed by atoms with Crippen molar-refractivity contribution in [2.75, 3.05) is 13.6 Å². The number of furan rings is 1. The van der Waals surface area contributed by atoms with Gasteiger partial charge in [-0.05, 0) is 25.8 Å². The van der Waals surface area contributed by atoms with E-state index in [1.54, 1.807) is 14.0 Å². The lowest BCUT2D eigenvalue weighted by atomic mass is 10.2. The van der Waals surface area contributed by atoms with Crippen LogP contribution in [-0.2, 0) is 16.1 Å². The van der Waals surface area contributed by atoms with Crippen molar-refractivity contribution in [1.82, 2.24) is 10.2 Å². The smallest absolute Gasteiger partial charge is 0.339 e. The SMILES string of the molecule is CCCNC(=O)CCCC(=O)N(C)Cc1cc(C(=O)O)c(C)o1. The molecule has 0 aliphatic carbocycles. The molecule has 128 valence electrons. The summed E-state index contributed by atoms with van der Waals surface area (Å²) in [6.07, 6.45) is 1.95. The second-order valence-electron chi connectivity index (χ2n) is 5.44. The van der Waals surface area contributed by atoms with Gasteiger partial charge in [-0.15, -0.1) is 0 Å². The van der Waals surface area contributed by atoms with Crippen LogP contribution in [0.3, 0.4) is 0 Å². The van der Waals surface area contributed by atoms with Gasteiger partial charge >= 0.3 is 5.97 Å². The highest BCUT2D eigenvalue weighted by Crippen LogP contribution is 2.16. The first-order valence-electron chi connectivity index (χ1n) is 7.68. The summed E-state index contributed by atoms with van der Waals surface area (Å²) >= 11 is 0. The van der Waals surface area contributed by atoms with E-state index in [9.17, 15) is 14.4 Å². The standard InChI is InChI=1S/C16H24N2O5/c1-4-8-17-14(19)6-5-7-15(20)18(3)10-12-9-13(16(21)22)11(2)23-12/h9H,4-8,10H2,1-3H3,(H,17,19)(H,21,22). The van der Waals surface area contributed by atoms with Crippen molar-refractivity contribution in [2.45, 2.75) is 46.1 Å². The molecule has 1 aromatic rings. The number of aromatic carboxylic acids is 1. The van der Waals surface area contributed by atoms with Gasteiger partial charge in [0.15, 0.2) is 0 Å². The summed E-state index contributed by atoms with van der Waals surface area (Å²) in [5.41, 5.74) is 0.105. The van der Waals surface area contributed by atoms with E-state index in [2.05, 4.69) is 5.32 Å². The van der Waals surface area contributed by atoms with Gasteiger partial charge in [0, 0.05) is 26.4 Å². The molecule has 0 unspecified atom stereocenters. The van der Waals surface area contributed by atoms with Crippen LogP contribution in [0.4, 0.5) is 0 Å². The third-order valence-corrected chi connectivity index (χ3v) is 3.38. The molecule has 0 atom stereocenters. The molecule has 0 aliphatic heterocycles. The van der Waals surface area contributed by atoms with E-state index >= 15 is 0 Å². The van der Waals surface area contributed by atoms with Gasteiger partial charge in [0.2, 0.25) is 11.8 Å². The van der Waals surface area contributed by atoms with E-state index in [4.69, 9.17) is 9.52 Å². The Morgan fingerprint density at radius 1 is 1.30 bits per heavy atom. The lowest BCUT2D eigenvalue weighted by Crippen LogP contribution is -2.27. The average Bonchev–Trinajstić information content (AvgIpc) is 2.85. The number of nitrogens with one attached hydrogen (secondary N) is 1. The molecule has 0 aromatic carbocycles. The lowest BCUT2D eigenvalue weighted by Gasteiger charge is -2.15. The number of nitrogens with zero attached hydrogens (tertiary/aromatic N) is 1. The Kier molecular flexibility index (Phi) is 7.31. The van der Waals surface area contributed by atoms with E-state index in [1.165, 1.54) is 11.0 Å². The summed E-state index contributed by atoms with van der Waals surface area (Å²) in [6.45, 7) is 4.40. The van der Waals surface area contributed by atoms with Crippen LogP contribution in [0, 0.1) is 6.92 Å². The summed E-state index contributed by atoms with van der Waals surface area (Å²) in [5.74, 6) is -0.462. The number of carbonyl (C=O) groups excluding carboxylic acids is 2. The quantitative estimate of drug-likeness (QED) is 0.723. The molecule has 1 aromatic heterocycles. The molecule has 7 heteroatoms. The normalized spacial score (nSPS) is 10.4. The summed E-state index contributed by atoms with van der Waals surface area (Å²) in [6, 6.07) is 1.43. The molecule has 7 nitrogen and oxygen atoms in total. The average molecular weight is 324 g/mol. The molecule has 0 saturated carbocycles. The van der Waals surface area contributed by atoms with E-state index in [-0.39, 0.29) is 30.3 Å². The number of hydrogen-bond acceptors (Lipinski definition) is 4. The molecule has 2 N–H and O–H groups in total. The molecule has 1 heterocycles. The highest BCUT2D eigenvalue weighted by molar-refractivity contribution is 5.88. The van der Waals surface area contributed by atoms with Crippen LogP contribution >= 0.6 is 0 Å². The minimum Gasteiger partial charge on any atom is -0.478 e. The maximum atomic E-state index is 12.0. The van der Waals surface area contributed by atoms with Crippen LogP contribution in [0.15, 0.2) is 10.5 Å². The number of rotatable bonds is 9. The molecule has 0 spiro atoms. The molecule has 1 rings (SSSR count). The lowest BCUT2D eigenvalue weighted by molar-refractivity contribution is -0.130. The fourth-order valence-electron chi connectivity index (χ4n) is 2.10. The summed E-state index contributed by atoms with van der Waals surface area (Å²) in [4.78, 5) is 35.9. The monoisotopic (exact) mass is 324 g/mol. The van der Waals surface area contributed by atoms with Gasteiger partial charge in [-0.25, -0.2) is 4.79 Å². The fraction of sp³-hybridized carbons (Fsp3) is 0.562. The summed E-state index contributed by atoms with van der Waals surface area (Å²) in [5, 5.41) is 11.7. The number of carboxylic acids is 1. The Labute approximate surface area is 135 Å². The Morgan fingerprint density at radius 3 is 2.57 bits per heavy atom. The Bertz CT molecular complexity index is 565. The molecule has 0 saturated heterocycles. The van der Waals surface area contributed by atoms with Crippen molar-refractivity contribution in [3.8, 4) is 0 Å². The molecule has 23 heavy (non-hydrogen) atoms. The molecule has 0 bridgehead atoms. The molecule has 0 radical (unpaired) electrons. The van der Waals surface area contributed by atoms with Crippen LogP contribution in [0.2, 0.25) is 0 Å². The Morgan fingerprint density at radius 2 is 2.00 bits per heavy atom. The molecule has 0 aliphatic rings. The first-order chi connectivity index (χ1) is 10.8. The van der Waals surface area contributed by atoms with Gasteiger partial charge in [0.25, 0.3) is 0 Å². The molecular formula is C16H24N2O5. The van der Waals surface area contributed by atoms with E-state index in [0.717, 1.165) is 6.42 Å². The second kappa shape index (κ2) is 8.97. The summed E-state index contributed by atoms with van der Waals surface area (Å²) < 4.78 is 5.34. The maximum Gasteiger partial charge on any atom is 0.339 e. The van der Waals surface area contributed by atoms with Crippen molar-refractivity contribution in [1.29, 1.82) is 0 Å². The zero-order valence-electron chi connectivity index (χ0n) is 13.8. The third-order valence-electron chi connectivity index (χ3n) is 3.38. The van der Waals surface area contributed by atoms with Crippen LogP contribution < -0.4 is 5.32 Å². The number of carboxylic acid groups (broad SMARTS) is 1. The van der Waals surface area contributed by atoms with Gasteiger partial charge in [0.1, 0.15) is 17.1 Å². The van der Waals surface area contributed by atoms with Gasteiger partial charge in [-0.1, -0.05) is 6.92 Å². The molecule has 0 fully saturated rings. The number of carbonyl (C=O) groups is 3. The van der Waals surface area contributed by atoms with E-state index in [1.807, 2.05) is 6.92 Å². The topological polar surface area (TPSA) is 99.9 Å². The predicted molar refractivity (Wildman–Crippen MR) is 84.0 cm³/mol. The molecule has 2 amide bonds. The van der Waals surface area contributed by atoms with Gasteiger partial charge < -0.3 is 19.7 Å². The maximum absolute atomic E-state index is 12.0. The van der Waals surface area contributed by atoms with Crippen LogP contribution in [0.1, 0.15) is 54.5 Å². The van der Waals surface area contributed by atoms with Crippen molar-refractivity contribution in [3.63, 3.8) is 0 Å². The van der Waals surface area contributed by atoms with Gasteiger partial charge in [-0.2, -0.15) is 0 Å².